The van der Waals surface area contributed by atoms with E-state index >= 15 is 0 Å². The van der Waals surface area contributed by atoms with E-state index in [1.54, 1.807) is 11.3 Å². The van der Waals surface area contributed by atoms with Crippen molar-refractivity contribution in [1.29, 1.82) is 0 Å². The highest BCUT2D eigenvalue weighted by atomic mass is 32.1. The fraction of sp³-hybridized carbons (Fsp3) is 0.417. The van der Waals surface area contributed by atoms with Crippen molar-refractivity contribution in [3.63, 3.8) is 0 Å². The molecule has 1 amide bonds. The quantitative estimate of drug-likeness (QED) is 0.704. The molecule has 0 aliphatic carbocycles. The summed E-state index contributed by atoms with van der Waals surface area (Å²) in [7, 11) is 0. The van der Waals surface area contributed by atoms with Gasteiger partial charge in [0.15, 0.2) is 11.6 Å². The van der Waals surface area contributed by atoms with Crippen molar-refractivity contribution in [2.75, 3.05) is 44.2 Å². The van der Waals surface area contributed by atoms with Gasteiger partial charge in [-0.05, 0) is 37.1 Å². The van der Waals surface area contributed by atoms with Crippen molar-refractivity contribution < 1.29 is 9.69 Å². The zero-order valence-electron chi connectivity index (χ0n) is 17.3. The Hall–Kier alpha value is -2.44. The van der Waals surface area contributed by atoms with E-state index < -0.39 is 0 Å². The van der Waals surface area contributed by atoms with Crippen LogP contribution in [0, 0.1) is 0 Å². The van der Waals surface area contributed by atoms with E-state index in [9.17, 15) is 4.79 Å². The second-order valence-electron chi connectivity index (χ2n) is 8.36. The second kappa shape index (κ2) is 8.74. The second-order valence-corrected chi connectivity index (χ2v) is 9.42. The zero-order valence-corrected chi connectivity index (χ0v) is 18.1. The molecule has 5 nitrogen and oxygen atoms in total. The number of nitrogens with zero attached hydrogens (tertiary/aromatic N) is 3. The number of nitrogens with one attached hydrogen (secondary N) is 1. The Morgan fingerprint density at radius 1 is 1.00 bits per heavy atom. The van der Waals surface area contributed by atoms with Gasteiger partial charge in [0.05, 0.1) is 16.8 Å². The van der Waals surface area contributed by atoms with Crippen molar-refractivity contribution in [2.45, 2.75) is 25.3 Å². The van der Waals surface area contributed by atoms with Crippen LogP contribution in [0.25, 0.3) is 10.2 Å². The lowest BCUT2D eigenvalue weighted by molar-refractivity contribution is -0.929. The number of carbonyl (C=O) groups is 1. The fourth-order valence-electron chi connectivity index (χ4n) is 4.79. The molecule has 2 aliphatic rings. The monoisotopic (exact) mass is 421 g/mol. The number of amides is 1. The van der Waals surface area contributed by atoms with Gasteiger partial charge >= 0.3 is 0 Å². The third-order valence-corrected chi connectivity index (χ3v) is 7.62. The molecular weight excluding hydrogens is 392 g/mol. The van der Waals surface area contributed by atoms with Crippen LogP contribution in [0.2, 0.25) is 0 Å². The molecule has 0 spiro atoms. The predicted molar refractivity (Wildman–Crippen MR) is 122 cm³/mol. The summed E-state index contributed by atoms with van der Waals surface area (Å²) in [5, 5.41) is 1.20. The number of piperazine rings is 1. The minimum atomic E-state index is 0.297. The average Bonchev–Trinajstić information content (AvgIpc) is 3.24. The number of para-hydroxylation sites is 2. The topological polar surface area (TPSA) is 40.9 Å². The normalized spacial score (nSPS) is 22.4. The number of thiazole rings is 1. The number of likely N-dealkylation sites (tertiary alicyclic amines) is 1. The van der Waals surface area contributed by atoms with Crippen molar-refractivity contribution in [2.24, 2.45) is 0 Å². The molecule has 2 saturated heterocycles. The summed E-state index contributed by atoms with van der Waals surface area (Å²) >= 11 is 1.80. The Morgan fingerprint density at radius 3 is 2.57 bits per heavy atom. The fourth-order valence-corrected chi connectivity index (χ4v) is 5.95. The maximum Gasteiger partial charge on any atom is 0.277 e. The summed E-state index contributed by atoms with van der Waals surface area (Å²) in [4.78, 5) is 23.9. The first-order chi connectivity index (χ1) is 14.8. The van der Waals surface area contributed by atoms with Crippen molar-refractivity contribution in [3.05, 3.63) is 59.6 Å². The summed E-state index contributed by atoms with van der Waals surface area (Å²) in [6, 6.07) is 19.2. The average molecular weight is 422 g/mol. The van der Waals surface area contributed by atoms with Crippen LogP contribution in [0.3, 0.4) is 0 Å². The summed E-state index contributed by atoms with van der Waals surface area (Å²) in [5.74, 6) is 0.297. The van der Waals surface area contributed by atoms with Gasteiger partial charge in [0, 0.05) is 38.3 Å². The number of rotatable bonds is 4. The molecule has 2 aromatic carbocycles. The van der Waals surface area contributed by atoms with E-state index in [1.807, 2.05) is 6.07 Å². The highest BCUT2D eigenvalue weighted by Crippen LogP contribution is 2.28. The van der Waals surface area contributed by atoms with Gasteiger partial charge in [-0.1, -0.05) is 30.3 Å². The van der Waals surface area contributed by atoms with Crippen LogP contribution in [0.15, 0.2) is 54.6 Å². The first-order valence-electron chi connectivity index (χ1n) is 11.1. The van der Waals surface area contributed by atoms with Crippen LogP contribution < -0.4 is 9.80 Å². The van der Waals surface area contributed by atoms with Gasteiger partial charge in [-0.3, -0.25) is 4.79 Å². The number of hydrogen-bond donors (Lipinski definition) is 1. The molecule has 1 N–H and O–H groups in total. The molecule has 3 heterocycles. The van der Waals surface area contributed by atoms with Gasteiger partial charge in [0.2, 0.25) is 0 Å². The van der Waals surface area contributed by atoms with Gasteiger partial charge in [-0.15, -0.1) is 11.3 Å². The van der Waals surface area contributed by atoms with E-state index in [1.165, 1.54) is 33.1 Å². The zero-order chi connectivity index (χ0) is 20.3. The van der Waals surface area contributed by atoms with E-state index in [4.69, 9.17) is 4.98 Å². The first kappa shape index (κ1) is 19.5. The van der Waals surface area contributed by atoms with Crippen molar-refractivity contribution in [3.8, 4) is 0 Å². The molecular formula is C24H29N4OS+. The Balaban J connectivity index is 1.23. The van der Waals surface area contributed by atoms with Gasteiger partial charge in [-0.25, -0.2) is 4.98 Å². The lowest BCUT2D eigenvalue weighted by Gasteiger charge is -2.37. The van der Waals surface area contributed by atoms with Crippen LogP contribution in [-0.2, 0) is 4.79 Å². The van der Waals surface area contributed by atoms with E-state index in [0.29, 0.717) is 18.5 Å². The van der Waals surface area contributed by atoms with Crippen LogP contribution in [0.5, 0.6) is 0 Å². The minimum absolute atomic E-state index is 0.297. The summed E-state index contributed by atoms with van der Waals surface area (Å²) in [6.07, 6.45) is 3.56. The van der Waals surface area contributed by atoms with Crippen molar-refractivity contribution in [1.82, 2.24) is 9.88 Å². The third kappa shape index (κ3) is 4.07. The Labute approximate surface area is 181 Å². The standard InChI is InChI=1S/C24H28N4OS/c29-23(27-16-14-26(15-17-27)19-8-2-1-3-9-19)18-28-13-7-6-11-21(28)24-25-20-10-4-5-12-22(20)30-24/h1-5,8-10,12,21H,6-7,11,13-18H2/p+1/t21-/m1/s1. The maximum absolute atomic E-state index is 13.1. The largest absolute Gasteiger partial charge is 0.368 e. The third-order valence-electron chi connectivity index (χ3n) is 6.47. The number of anilines is 1. The lowest BCUT2D eigenvalue weighted by Crippen LogP contribution is -3.14. The smallest absolute Gasteiger partial charge is 0.277 e. The molecule has 1 unspecified atom stereocenters. The number of aromatic nitrogens is 1. The molecule has 2 fully saturated rings. The lowest BCUT2D eigenvalue weighted by atomic mass is 10.0. The number of fused-ring (bicyclic) bond motifs is 1. The highest BCUT2D eigenvalue weighted by Gasteiger charge is 2.33. The highest BCUT2D eigenvalue weighted by molar-refractivity contribution is 7.18. The Bertz CT molecular complexity index is 964. The number of benzene rings is 2. The summed E-state index contributed by atoms with van der Waals surface area (Å²) in [6.45, 7) is 5.10. The van der Waals surface area contributed by atoms with Crippen LogP contribution >= 0.6 is 11.3 Å². The molecule has 30 heavy (non-hydrogen) atoms. The Morgan fingerprint density at radius 2 is 1.77 bits per heavy atom. The number of quaternary nitrogens is 1. The summed E-state index contributed by atoms with van der Waals surface area (Å²) < 4.78 is 1.25. The van der Waals surface area contributed by atoms with Crippen LogP contribution in [-0.4, -0.2) is 55.1 Å². The molecule has 6 heteroatoms. The number of piperidine rings is 1. The van der Waals surface area contributed by atoms with Crippen LogP contribution in [0.4, 0.5) is 5.69 Å². The molecule has 0 bridgehead atoms. The van der Waals surface area contributed by atoms with E-state index in [-0.39, 0.29) is 0 Å². The molecule has 2 atom stereocenters. The van der Waals surface area contributed by atoms with E-state index in [0.717, 1.165) is 44.7 Å². The summed E-state index contributed by atoms with van der Waals surface area (Å²) in [5.41, 5.74) is 2.34. The maximum atomic E-state index is 13.1. The van der Waals surface area contributed by atoms with Gasteiger partial charge < -0.3 is 14.7 Å². The van der Waals surface area contributed by atoms with Gasteiger partial charge in [0.1, 0.15) is 6.04 Å². The predicted octanol–water partition coefficient (Wildman–Crippen LogP) is 2.76. The molecule has 0 radical (unpaired) electrons. The Kier molecular flexibility index (Phi) is 5.69. The molecule has 0 saturated carbocycles. The number of carbonyl (C=O) groups excluding carboxylic acids is 1. The van der Waals surface area contributed by atoms with Crippen molar-refractivity contribution >= 4 is 33.1 Å². The minimum Gasteiger partial charge on any atom is -0.368 e. The van der Waals surface area contributed by atoms with Gasteiger partial charge in [0.25, 0.3) is 5.91 Å². The van der Waals surface area contributed by atoms with Crippen LogP contribution in [0.1, 0.15) is 30.3 Å². The van der Waals surface area contributed by atoms with Gasteiger partial charge in [-0.2, -0.15) is 0 Å². The molecule has 1 aromatic heterocycles. The molecule has 2 aliphatic heterocycles. The molecule has 156 valence electrons. The molecule has 5 rings (SSSR count). The first-order valence-corrected chi connectivity index (χ1v) is 11.9. The SMILES string of the molecule is O=C(C[NH+]1CCCC[C@@H]1c1nc2ccccc2s1)N1CCN(c2ccccc2)CC1. The number of hydrogen-bond acceptors (Lipinski definition) is 4. The van der Waals surface area contributed by atoms with E-state index in [2.05, 4.69) is 58.3 Å². The molecule has 3 aromatic rings.